The van der Waals surface area contributed by atoms with Gasteiger partial charge < -0.3 is 36.2 Å². The Labute approximate surface area is 290 Å². The number of primary amides is 1. The Morgan fingerprint density at radius 1 is 1.16 bits per heavy atom. The van der Waals surface area contributed by atoms with E-state index in [-0.39, 0.29) is 43.1 Å². The second kappa shape index (κ2) is 15.5. The smallest absolute Gasteiger partial charge is 0.407 e. The summed E-state index contributed by atoms with van der Waals surface area (Å²) in [5.74, 6) is -2.37. The first-order chi connectivity index (χ1) is 23.5. The van der Waals surface area contributed by atoms with Gasteiger partial charge in [-0.05, 0) is 81.8 Å². The Hall–Kier alpha value is -5.33. The molecule has 266 valence electrons. The molecule has 0 aliphatic carbocycles. The van der Waals surface area contributed by atoms with Gasteiger partial charge in [0.2, 0.25) is 0 Å². The number of nitrogens with one attached hydrogen (secondary N) is 3. The minimum atomic E-state index is -1.02. The van der Waals surface area contributed by atoms with E-state index in [4.69, 9.17) is 25.6 Å². The molecule has 3 aromatic rings. The van der Waals surface area contributed by atoms with Gasteiger partial charge in [-0.3, -0.25) is 9.59 Å². The van der Waals surface area contributed by atoms with Crippen LogP contribution in [0, 0.1) is 23.0 Å². The quantitative estimate of drug-likeness (QED) is 0.117. The zero-order chi connectivity index (χ0) is 36.9. The molecule has 1 aliphatic heterocycles. The van der Waals surface area contributed by atoms with Gasteiger partial charge in [-0.2, -0.15) is 0 Å². The summed E-state index contributed by atoms with van der Waals surface area (Å²) in [6.45, 7) is 15.2. The lowest BCUT2D eigenvalue weighted by atomic mass is 9.90. The Morgan fingerprint density at radius 3 is 2.50 bits per heavy atom. The first kappa shape index (κ1) is 37.5. The lowest BCUT2D eigenvalue weighted by Gasteiger charge is -2.30. The highest BCUT2D eigenvalue weighted by molar-refractivity contribution is 6.08. The maximum atomic E-state index is 13.9. The molecule has 2 heterocycles. The maximum Gasteiger partial charge on any atom is 0.407 e. The molecule has 3 amide bonds. The summed E-state index contributed by atoms with van der Waals surface area (Å²) >= 11 is 0. The molecule has 0 spiro atoms. The number of hydrogen-bond donors (Lipinski definition) is 4. The van der Waals surface area contributed by atoms with Crippen LogP contribution in [0.5, 0.6) is 5.75 Å². The predicted molar refractivity (Wildman–Crippen MR) is 189 cm³/mol. The van der Waals surface area contributed by atoms with E-state index in [2.05, 4.69) is 17.2 Å². The summed E-state index contributed by atoms with van der Waals surface area (Å²) < 4.78 is 38.6. The first-order valence-electron chi connectivity index (χ1n) is 16.3. The molecule has 0 radical (unpaired) electrons. The highest BCUT2D eigenvalue weighted by atomic mass is 19.2. The summed E-state index contributed by atoms with van der Waals surface area (Å²) in [7, 11) is 0. The van der Waals surface area contributed by atoms with E-state index in [0.29, 0.717) is 58.0 Å². The van der Waals surface area contributed by atoms with E-state index in [1.54, 1.807) is 39.0 Å². The fourth-order valence-corrected chi connectivity index (χ4v) is 5.65. The molecule has 11 nitrogen and oxygen atoms in total. The largest absolute Gasteiger partial charge is 0.482 e. The van der Waals surface area contributed by atoms with Crippen molar-refractivity contribution in [2.24, 2.45) is 11.7 Å². The van der Waals surface area contributed by atoms with E-state index >= 15 is 0 Å². The summed E-state index contributed by atoms with van der Waals surface area (Å²) in [6.07, 6.45) is 1.40. The zero-order valence-electron chi connectivity index (χ0n) is 29.2. The molecule has 2 aromatic carbocycles. The second-order valence-corrected chi connectivity index (χ2v) is 13.7. The topological polar surface area (TPSA) is 160 Å². The number of aromatic nitrogens is 1. The third kappa shape index (κ3) is 9.21. The number of ether oxygens (including phenoxy) is 2. The third-order valence-corrected chi connectivity index (χ3v) is 7.68. The number of nitrogens with two attached hydrogens (primary N) is 1. The van der Waals surface area contributed by atoms with Crippen molar-refractivity contribution >= 4 is 35.6 Å². The summed E-state index contributed by atoms with van der Waals surface area (Å²) in [5, 5.41) is 14.5. The fraction of sp³-hybridized carbons (Fsp3) is 0.378. The van der Waals surface area contributed by atoms with Crippen molar-refractivity contribution in [2.75, 3.05) is 23.4 Å². The number of carbonyl (C=O) groups is 3. The Morgan fingerprint density at radius 2 is 1.88 bits per heavy atom. The van der Waals surface area contributed by atoms with Gasteiger partial charge in [0, 0.05) is 29.9 Å². The van der Waals surface area contributed by atoms with Gasteiger partial charge >= 0.3 is 6.09 Å². The standard InChI is InChI=1S/C37H44F2N6O5/c1-20(2)12-28-33(34(41)47)32(25(16-40)35(44-28)42-17-21(3)13-22(4)43-36(48)50-37(5,6)7)24-9-11-29-30(15-24)49-19-31(46)45(29)18-23-8-10-26(38)27(39)14-23/h8-11,14-16,20,22,40H,3,12-13,17-19H2,1-2,4-7H3,(H2,41,47)(H,42,44)(H,43,48). The van der Waals surface area contributed by atoms with Crippen LogP contribution >= 0.6 is 0 Å². The molecule has 0 fully saturated rings. The van der Waals surface area contributed by atoms with Gasteiger partial charge in [0.1, 0.15) is 17.2 Å². The number of benzene rings is 2. The molecule has 1 aliphatic rings. The Bertz CT molecular complexity index is 1820. The van der Waals surface area contributed by atoms with E-state index in [0.717, 1.165) is 23.9 Å². The number of anilines is 2. The van der Waals surface area contributed by atoms with Crippen molar-refractivity contribution < 1.29 is 32.6 Å². The molecule has 1 atom stereocenters. The van der Waals surface area contributed by atoms with Crippen molar-refractivity contribution in [1.82, 2.24) is 10.3 Å². The molecule has 0 bridgehead atoms. The summed E-state index contributed by atoms with van der Waals surface area (Å²) in [5.41, 5.74) is 8.60. The normalized spacial score (nSPS) is 13.3. The summed E-state index contributed by atoms with van der Waals surface area (Å²) in [6, 6.07) is 8.14. The second-order valence-electron chi connectivity index (χ2n) is 13.7. The lowest BCUT2D eigenvalue weighted by Crippen LogP contribution is -2.38. The molecule has 0 saturated heterocycles. The highest BCUT2D eigenvalue weighted by Gasteiger charge is 2.29. The number of carbonyl (C=O) groups excluding carboxylic acids is 3. The number of rotatable bonds is 13. The van der Waals surface area contributed by atoms with E-state index in [9.17, 15) is 23.2 Å². The monoisotopic (exact) mass is 690 g/mol. The number of hydrogen-bond acceptors (Lipinski definition) is 8. The molecule has 4 rings (SSSR count). The van der Waals surface area contributed by atoms with Crippen LogP contribution in [0.3, 0.4) is 0 Å². The van der Waals surface area contributed by atoms with Crippen LogP contribution in [-0.4, -0.2) is 53.9 Å². The molecule has 1 aromatic heterocycles. The molecule has 1 unspecified atom stereocenters. The number of alkyl carbamates (subject to hydrolysis) is 1. The van der Waals surface area contributed by atoms with Crippen molar-refractivity contribution in [3.8, 4) is 16.9 Å². The lowest BCUT2D eigenvalue weighted by molar-refractivity contribution is -0.121. The predicted octanol–water partition coefficient (Wildman–Crippen LogP) is 6.52. The van der Waals surface area contributed by atoms with Crippen LogP contribution in [0.15, 0.2) is 48.6 Å². The molecule has 50 heavy (non-hydrogen) atoms. The van der Waals surface area contributed by atoms with E-state index in [1.165, 1.54) is 11.0 Å². The average Bonchev–Trinajstić information content (AvgIpc) is 3.01. The summed E-state index contributed by atoms with van der Waals surface area (Å²) in [4.78, 5) is 44.4. The van der Waals surface area contributed by atoms with Gasteiger partial charge in [0.25, 0.3) is 11.8 Å². The molecule has 5 N–H and O–H groups in total. The van der Waals surface area contributed by atoms with Crippen molar-refractivity contribution in [3.05, 3.63) is 82.6 Å². The third-order valence-electron chi connectivity index (χ3n) is 7.68. The molecular weight excluding hydrogens is 646 g/mol. The number of pyridine rings is 1. The van der Waals surface area contributed by atoms with E-state index in [1.807, 2.05) is 20.8 Å². The minimum absolute atomic E-state index is 0.0261. The van der Waals surface area contributed by atoms with Gasteiger partial charge in [-0.25, -0.2) is 18.6 Å². The van der Waals surface area contributed by atoms with Gasteiger partial charge in [-0.15, -0.1) is 0 Å². The van der Waals surface area contributed by atoms with Crippen LogP contribution in [0.4, 0.5) is 25.1 Å². The van der Waals surface area contributed by atoms with Crippen molar-refractivity contribution in [1.29, 1.82) is 5.41 Å². The molecular formula is C37H44F2N6O5. The average molecular weight is 691 g/mol. The van der Waals surface area contributed by atoms with Crippen LogP contribution in [-0.2, 0) is 22.5 Å². The van der Waals surface area contributed by atoms with Crippen LogP contribution in [0.2, 0.25) is 0 Å². The van der Waals surface area contributed by atoms with Gasteiger partial charge in [0.15, 0.2) is 18.2 Å². The van der Waals surface area contributed by atoms with Crippen LogP contribution < -0.4 is 26.0 Å². The van der Waals surface area contributed by atoms with Crippen molar-refractivity contribution in [2.45, 2.75) is 72.6 Å². The first-order valence-corrected chi connectivity index (χ1v) is 16.3. The fourth-order valence-electron chi connectivity index (χ4n) is 5.65. The van der Waals surface area contributed by atoms with Gasteiger partial charge in [0.05, 0.1) is 23.5 Å². The highest BCUT2D eigenvalue weighted by Crippen LogP contribution is 2.40. The van der Waals surface area contributed by atoms with Gasteiger partial charge in [-0.1, -0.05) is 38.1 Å². The number of halogens is 2. The maximum absolute atomic E-state index is 13.9. The molecule has 0 saturated carbocycles. The van der Waals surface area contributed by atoms with Crippen LogP contribution in [0.1, 0.15) is 75.1 Å². The minimum Gasteiger partial charge on any atom is -0.482 e. The molecule has 13 heteroatoms. The van der Waals surface area contributed by atoms with Crippen molar-refractivity contribution in [3.63, 3.8) is 0 Å². The zero-order valence-corrected chi connectivity index (χ0v) is 29.2. The Kier molecular flexibility index (Phi) is 11.6. The number of nitrogens with zero attached hydrogens (tertiary/aromatic N) is 2. The van der Waals surface area contributed by atoms with E-state index < -0.39 is 29.2 Å². The number of fused-ring (bicyclic) bond motifs is 1. The SMILES string of the molecule is C=C(CNc1nc(CC(C)C)c(C(N)=O)c(-c2ccc3c(c2)OCC(=O)N3Cc2ccc(F)c(F)c2)c1C=N)CC(C)NC(=O)OC(C)(C)C. The Balaban J connectivity index is 1.70. The number of amides is 3. The van der Waals surface area contributed by atoms with Crippen LogP contribution in [0.25, 0.3) is 11.1 Å².